The molecule has 0 saturated carbocycles. The fourth-order valence-electron chi connectivity index (χ4n) is 1.55. The van der Waals surface area contributed by atoms with Crippen molar-refractivity contribution in [1.29, 1.82) is 0 Å². The molecule has 1 unspecified atom stereocenters. The van der Waals surface area contributed by atoms with Gasteiger partial charge in [-0.1, -0.05) is 18.2 Å². The third-order valence-corrected chi connectivity index (χ3v) is 2.21. The van der Waals surface area contributed by atoms with Crippen molar-refractivity contribution in [3.8, 4) is 0 Å². The lowest BCUT2D eigenvalue weighted by Gasteiger charge is -2.15. The first-order chi connectivity index (χ1) is 5.97. The van der Waals surface area contributed by atoms with Crippen molar-refractivity contribution in [2.45, 2.75) is 25.3 Å². The van der Waals surface area contributed by atoms with Crippen LogP contribution in [0.5, 0.6) is 0 Å². The Balaban J connectivity index is 2.19. The molecule has 0 aliphatic carbocycles. The van der Waals surface area contributed by atoms with E-state index in [4.69, 9.17) is 0 Å². The summed E-state index contributed by atoms with van der Waals surface area (Å²) in [7, 11) is 0. The van der Waals surface area contributed by atoms with E-state index in [0.717, 1.165) is 6.42 Å². The minimum absolute atomic E-state index is 0.399. The number of rotatable bonds is 1. The number of hydrogen-bond acceptors (Lipinski definition) is 1. The van der Waals surface area contributed by atoms with E-state index in [1.807, 2.05) is 24.4 Å². The van der Waals surface area contributed by atoms with Crippen LogP contribution in [0.2, 0.25) is 0 Å². The van der Waals surface area contributed by atoms with Gasteiger partial charge < -0.3 is 0 Å². The molecular formula is C11H12N. The summed E-state index contributed by atoms with van der Waals surface area (Å²) < 4.78 is 0. The summed E-state index contributed by atoms with van der Waals surface area (Å²) in [6.45, 7) is 0. The normalized spacial score (nSPS) is 22.5. The van der Waals surface area contributed by atoms with Crippen molar-refractivity contribution < 1.29 is 0 Å². The van der Waals surface area contributed by atoms with E-state index in [1.54, 1.807) is 0 Å². The van der Waals surface area contributed by atoms with Crippen LogP contribution in [0.15, 0.2) is 29.3 Å². The molecule has 1 radical (unpaired) electrons. The quantitative estimate of drug-likeness (QED) is 0.596. The van der Waals surface area contributed by atoms with Crippen molar-refractivity contribution in [3.63, 3.8) is 0 Å². The van der Waals surface area contributed by atoms with E-state index in [-0.39, 0.29) is 0 Å². The van der Waals surface area contributed by atoms with Crippen molar-refractivity contribution in [1.82, 2.24) is 0 Å². The van der Waals surface area contributed by atoms with Crippen LogP contribution in [0.25, 0.3) is 0 Å². The summed E-state index contributed by atoms with van der Waals surface area (Å²) in [6, 6.07) is 11.6. The summed E-state index contributed by atoms with van der Waals surface area (Å²) in [5.41, 5.74) is 1.30. The number of hydrogen-bond donors (Lipinski definition) is 0. The van der Waals surface area contributed by atoms with Gasteiger partial charge in [0, 0.05) is 0 Å². The van der Waals surface area contributed by atoms with Gasteiger partial charge in [-0.25, -0.2) is 0 Å². The standard InChI is InChI=1S/C11H12N/c1-2-6-10(7-3-1)11-8-4-5-9-12-11/h1-2,6-7,9,11H,4-5,8H2. The van der Waals surface area contributed by atoms with Gasteiger partial charge in [0.05, 0.1) is 6.04 Å². The summed E-state index contributed by atoms with van der Waals surface area (Å²) >= 11 is 0. The Morgan fingerprint density at radius 3 is 3.17 bits per heavy atom. The molecule has 1 aromatic rings. The zero-order valence-electron chi connectivity index (χ0n) is 7.03. The minimum atomic E-state index is 0.399. The van der Waals surface area contributed by atoms with Crippen molar-refractivity contribution in [2.24, 2.45) is 4.99 Å². The van der Waals surface area contributed by atoms with Crippen LogP contribution in [0.4, 0.5) is 0 Å². The highest BCUT2D eigenvalue weighted by atomic mass is 14.8. The molecule has 0 spiro atoms. The molecule has 1 nitrogen and oxygen atoms in total. The Labute approximate surface area is 73.1 Å². The molecule has 0 fully saturated rings. The number of nitrogens with zero attached hydrogens (tertiary/aromatic N) is 1. The minimum Gasteiger partial charge on any atom is -0.289 e. The molecule has 0 saturated heterocycles. The third kappa shape index (κ3) is 1.55. The molecule has 0 amide bonds. The first-order valence-corrected chi connectivity index (χ1v) is 4.44. The van der Waals surface area contributed by atoms with Gasteiger partial charge in [0.1, 0.15) is 0 Å². The Bertz CT molecular complexity index is 264. The number of benzene rings is 1. The molecule has 2 rings (SSSR count). The zero-order chi connectivity index (χ0) is 8.23. The predicted molar refractivity (Wildman–Crippen MR) is 50.4 cm³/mol. The van der Waals surface area contributed by atoms with E-state index >= 15 is 0 Å². The molecule has 0 aromatic heterocycles. The smallest absolute Gasteiger partial charge is 0.0745 e. The molecular weight excluding hydrogens is 146 g/mol. The van der Waals surface area contributed by atoms with Crippen LogP contribution in [-0.2, 0) is 0 Å². The predicted octanol–water partition coefficient (Wildman–Crippen LogP) is 2.78. The zero-order valence-corrected chi connectivity index (χ0v) is 7.03. The van der Waals surface area contributed by atoms with Crippen LogP contribution in [0.3, 0.4) is 0 Å². The molecule has 1 heterocycles. The van der Waals surface area contributed by atoms with Crippen molar-refractivity contribution >= 4 is 6.21 Å². The van der Waals surface area contributed by atoms with Gasteiger partial charge in [-0.2, -0.15) is 0 Å². The second-order valence-corrected chi connectivity index (χ2v) is 3.12. The maximum Gasteiger partial charge on any atom is 0.0745 e. The summed E-state index contributed by atoms with van der Waals surface area (Å²) in [5.74, 6) is 0. The average molecular weight is 158 g/mol. The maximum atomic E-state index is 4.45. The van der Waals surface area contributed by atoms with Gasteiger partial charge >= 0.3 is 0 Å². The highest BCUT2D eigenvalue weighted by Gasteiger charge is 2.10. The highest BCUT2D eigenvalue weighted by molar-refractivity contribution is 5.58. The second kappa shape index (κ2) is 3.53. The van der Waals surface area contributed by atoms with Gasteiger partial charge in [-0.3, -0.25) is 4.99 Å². The summed E-state index contributed by atoms with van der Waals surface area (Å²) in [4.78, 5) is 4.45. The van der Waals surface area contributed by atoms with Crippen LogP contribution in [0, 0.1) is 6.07 Å². The first kappa shape index (κ1) is 7.53. The first-order valence-electron chi connectivity index (χ1n) is 4.44. The molecule has 1 atom stereocenters. The van der Waals surface area contributed by atoms with Crippen LogP contribution < -0.4 is 0 Å². The van der Waals surface area contributed by atoms with E-state index in [9.17, 15) is 0 Å². The monoisotopic (exact) mass is 158 g/mol. The van der Waals surface area contributed by atoms with E-state index in [0.29, 0.717) is 6.04 Å². The van der Waals surface area contributed by atoms with Crippen LogP contribution in [0.1, 0.15) is 30.9 Å². The molecule has 1 heteroatoms. The molecule has 1 aliphatic rings. The van der Waals surface area contributed by atoms with Gasteiger partial charge in [0.2, 0.25) is 0 Å². The van der Waals surface area contributed by atoms with Gasteiger partial charge in [-0.05, 0) is 43.2 Å². The number of aliphatic imine (C=N–C) groups is 1. The fourth-order valence-corrected chi connectivity index (χ4v) is 1.55. The summed E-state index contributed by atoms with van der Waals surface area (Å²) in [5, 5.41) is 0. The Morgan fingerprint density at radius 1 is 1.50 bits per heavy atom. The van der Waals surface area contributed by atoms with Crippen molar-refractivity contribution in [3.05, 3.63) is 35.9 Å². The molecule has 12 heavy (non-hydrogen) atoms. The Morgan fingerprint density at radius 2 is 2.50 bits per heavy atom. The SMILES string of the molecule is [c]1cccc(C2CCCC=N2)c1. The lowest BCUT2D eigenvalue weighted by Crippen LogP contribution is -2.00. The molecule has 61 valence electrons. The van der Waals surface area contributed by atoms with Crippen LogP contribution >= 0.6 is 0 Å². The fraction of sp³-hybridized carbons (Fsp3) is 0.364. The summed E-state index contributed by atoms with van der Waals surface area (Å²) in [6.07, 6.45) is 5.64. The average Bonchev–Trinajstić information content (AvgIpc) is 2.21. The molecule has 1 aromatic carbocycles. The molecule has 0 N–H and O–H groups in total. The highest BCUT2D eigenvalue weighted by Crippen LogP contribution is 2.25. The Hall–Kier alpha value is -1.11. The van der Waals surface area contributed by atoms with Crippen LogP contribution in [-0.4, -0.2) is 6.21 Å². The Kier molecular flexibility index (Phi) is 2.21. The maximum absolute atomic E-state index is 4.45. The molecule has 1 aliphatic heterocycles. The van der Waals surface area contributed by atoms with Gasteiger partial charge in [0.15, 0.2) is 0 Å². The topological polar surface area (TPSA) is 12.4 Å². The third-order valence-electron chi connectivity index (χ3n) is 2.21. The van der Waals surface area contributed by atoms with E-state index < -0.39 is 0 Å². The van der Waals surface area contributed by atoms with E-state index in [1.165, 1.54) is 18.4 Å². The lowest BCUT2D eigenvalue weighted by atomic mass is 10.00. The largest absolute Gasteiger partial charge is 0.289 e. The van der Waals surface area contributed by atoms with Gasteiger partial charge in [-0.15, -0.1) is 0 Å². The molecule has 0 bridgehead atoms. The van der Waals surface area contributed by atoms with E-state index in [2.05, 4.69) is 17.1 Å². The van der Waals surface area contributed by atoms with Crippen molar-refractivity contribution in [2.75, 3.05) is 0 Å². The van der Waals surface area contributed by atoms with Gasteiger partial charge in [0.25, 0.3) is 0 Å². The second-order valence-electron chi connectivity index (χ2n) is 3.12. The lowest BCUT2D eigenvalue weighted by molar-refractivity contribution is 0.604.